The number of hydrogen-bond acceptors (Lipinski definition) is 2. The van der Waals surface area contributed by atoms with E-state index in [2.05, 4.69) is 13.8 Å². The number of amides is 1. The van der Waals surface area contributed by atoms with E-state index in [4.69, 9.17) is 11.6 Å². The molecule has 0 saturated carbocycles. The molecule has 1 heterocycles. The number of carbonyl (C=O) groups excluding carboxylic acids is 1. The van der Waals surface area contributed by atoms with Gasteiger partial charge < -0.3 is 16.9 Å². The maximum absolute atomic E-state index is 12.6. The van der Waals surface area contributed by atoms with Crippen LogP contribution in [0.3, 0.4) is 0 Å². The number of unbranched alkanes of at least 4 members (excludes halogenated alkanes) is 6. The smallest absolute Gasteiger partial charge is 0.245 e. The molecule has 28 heavy (non-hydrogen) atoms. The van der Waals surface area contributed by atoms with E-state index in [1.165, 1.54) is 19.3 Å². The summed E-state index contributed by atoms with van der Waals surface area (Å²) in [5.41, 5.74) is 1.82. The van der Waals surface area contributed by atoms with E-state index in [-0.39, 0.29) is 44.7 Å². The summed E-state index contributed by atoms with van der Waals surface area (Å²) in [4.78, 5) is 14.4. The van der Waals surface area contributed by atoms with Crippen molar-refractivity contribution in [3.63, 3.8) is 0 Å². The van der Waals surface area contributed by atoms with Gasteiger partial charge in [-0.25, -0.2) is 0 Å². The van der Waals surface area contributed by atoms with E-state index >= 15 is 0 Å². The first kappa shape index (κ1) is 26.1. The zero-order valence-electron chi connectivity index (χ0n) is 17.3. The molecule has 3 nitrogen and oxygen atoms in total. The Kier molecular flexibility index (Phi) is 13.2. The van der Waals surface area contributed by atoms with Crippen LogP contribution < -0.4 is 4.90 Å². The third kappa shape index (κ3) is 7.70. The van der Waals surface area contributed by atoms with Gasteiger partial charge in [-0.2, -0.15) is 6.42 Å². The fraction of sp³-hybridized carbons (Fsp3) is 0.652. The molecule has 5 heteroatoms. The molecule has 3 atom stereocenters. The molecular weight excluding hydrogens is 447 g/mol. The number of carbonyl (C=O) groups is 1. The van der Waals surface area contributed by atoms with E-state index in [1.54, 1.807) is 0 Å². The Labute approximate surface area is 201 Å². The molecule has 1 radical (unpaired) electrons. The molecule has 1 fully saturated rings. The standard InChI is InChI=1S/C23H35ClNO2.Y/c1-3-5-7-9-11-20-17-21(24)23(27)25(20)19-15-13-18(14-16-19)22(26)12-10-8-6-4-2;/h13-16,20-22,26H,1,3-12,17H2,2H3;/q-1;. The third-order valence-corrected chi connectivity index (χ3v) is 5.89. The van der Waals surface area contributed by atoms with Crippen LogP contribution in [0.25, 0.3) is 0 Å². The Morgan fingerprint density at radius 1 is 1.14 bits per heavy atom. The van der Waals surface area contributed by atoms with Crippen LogP contribution in [-0.4, -0.2) is 22.4 Å². The Bertz CT molecular complexity index is 566. The van der Waals surface area contributed by atoms with Crippen LogP contribution in [0.2, 0.25) is 0 Å². The minimum absolute atomic E-state index is 0. The average Bonchev–Trinajstić information content (AvgIpc) is 2.96. The fourth-order valence-corrected chi connectivity index (χ4v) is 4.19. The number of nitrogens with zero attached hydrogens (tertiary/aromatic N) is 1. The monoisotopic (exact) mass is 481 g/mol. The second-order valence-electron chi connectivity index (χ2n) is 7.72. The summed E-state index contributed by atoms with van der Waals surface area (Å²) < 4.78 is 0. The van der Waals surface area contributed by atoms with Crippen molar-refractivity contribution < 1.29 is 42.6 Å². The SMILES string of the molecule is [CH2-]CCCCCC1CC(Cl)C(=O)N1c1ccc(C(O)CCCCCC)cc1.[Y]. The second-order valence-corrected chi connectivity index (χ2v) is 8.25. The Hall–Kier alpha value is 0.0439. The van der Waals surface area contributed by atoms with Crippen molar-refractivity contribution in [1.29, 1.82) is 0 Å². The first-order valence-corrected chi connectivity index (χ1v) is 11.1. The topological polar surface area (TPSA) is 40.5 Å². The molecule has 1 saturated heterocycles. The van der Waals surface area contributed by atoms with Gasteiger partial charge in [-0.15, -0.1) is 11.6 Å². The average molecular weight is 482 g/mol. The summed E-state index contributed by atoms with van der Waals surface area (Å²) in [6.45, 7) is 6.07. The maximum Gasteiger partial charge on any atom is 0.245 e. The zero-order chi connectivity index (χ0) is 19.6. The summed E-state index contributed by atoms with van der Waals surface area (Å²) in [7, 11) is 0. The fourth-order valence-electron chi connectivity index (χ4n) is 3.88. The van der Waals surface area contributed by atoms with Gasteiger partial charge in [-0.3, -0.25) is 4.79 Å². The molecule has 1 aliphatic heterocycles. The summed E-state index contributed by atoms with van der Waals surface area (Å²) in [5.74, 6) is 0.00619. The molecule has 155 valence electrons. The van der Waals surface area contributed by atoms with Crippen LogP contribution in [0.15, 0.2) is 24.3 Å². The summed E-state index contributed by atoms with van der Waals surface area (Å²) in [6, 6.07) is 8.00. The van der Waals surface area contributed by atoms with Crippen molar-refractivity contribution in [3.05, 3.63) is 36.8 Å². The van der Waals surface area contributed by atoms with Crippen LogP contribution >= 0.6 is 11.6 Å². The van der Waals surface area contributed by atoms with E-state index < -0.39 is 11.5 Å². The van der Waals surface area contributed by atoms with Crippen molar-refractivity contribution >= 4 is 23.2 Å². The van der Waals surface area contributed by atoms with Crippen molar-refractivity contribution in [3.8, 4) is 0 Å². The number of rotatable bonds is 12. The third-order valence-electron chi connectivity index (χ3n) is 5.52. The summed E-state index contributed by atoms with van der Waals surface area (Å²) in [5, 5.41) is 9.96. The van der Waals surface area contributed by atoms with Gasteiger partial charge in [0.1, 0.15) is 5.38 Å². The Balaban J connectivity index is 0.00000392. The molecule has 2 rings (SSSR count). The largest absolute Gasteiger partial charge is 0.388 e. The van der Waals surface area contributed by atoms with Gasteiger partial charge in [0.2, 0.25) is 5.91 Å². The van der Waals surface area contributed by atoms with E-state index in [0.29, 0.717) is 6.42 Å². The van der Waals surface area contributed by atoms with Crippen LogP contribution in [-0.2, 0) is 37.5 Å². The number of hydrogen-bond donors (Lipinski definition) is 1. The summed E-state index contributed by atoms with van der Waals surface area (Å²) >= 11 is 6.27. The normalized spacial score (nSPS) is 20.3. The number of benzene rings is 1. The molecule has 1 aromatic rings. The van der Waals surface area contributed by atoms with Crippen LogP contribution in [0.5, 0.6) is 0 Å². The molecule has 0 aromatic heterocycles. The number of alkyl halides is 1. The first-order chi connectivity index (χ1) is 13.1. The molecule has 1 amide bonds. The predicted molar refractivity (Wildman–Crippen MR) is 114 cm³/mol. The zero-order valence-corrected chi connectivity index (χ0v) is 20.9. The molecule has 3 unspecified atom stereocenters. The number of anilines is 1. The van der Waals surface area contributed by atoms with Crippen molar-refractivity contribution in [2.45, 2.75) is 95.1 Å². The molecule has 0 bridgehead atoms. The first-order valence-electron chi connectivity index (χ1n) is 10.6. The van der Waals surface area contributed by atoms with Gasteiger partial charge in [-0.05, 0) is 37.0 Å². The molecule has 1 aliphatic rings. The Morgan fingerprint density at radius 2 is 1.82 bits per heavy atom. The van der Waals surface area contributed by atoms with Crippen LogP contribution in [0.1, 0.15) is 89.2 Å². The van der Waals surface area contributed by atoms with E-state index in [9.17, 15) is 9.90 Å². The number of aliphatic hydroxyl groups is 1. The number of aliphatic hydroxyl groups excluding tert-OH is 1. The molecule has 1 N–H and O–H groups in total. The summed E-state index contributed by atoms with van der Waals surface area (Å²) in [6.07, 6.45) is 11.1. The van der Waals surface area contributed by atoms with Crippen molar-refractivity contribution in [1.82, 2.24) is 0 Å². The van der Waals surface area contributed by atoms with Gasteiger partial charge in [0.25, 0.3) is 0 Å². The van der Waals surface area contributed by atoms with Gasteiger partial charge >= 0.3 is 0 Å². The maximum atomic E-state index is 12.6. The van der Waals surface area contributed by atoms with Gasteiger partial charge in [0.15, 0.2) is 0 Å². The van der Waals surface area contributed by atoms with Gasteiger partial charge in [0, 0.05) is 44.4 Å². The second kappa shape index (κ2) is 14.1. The molecule has 0 spiro atoms. The predicted octanol–water partition coefficient (Wildman–Crippen LogP) is 6.19. The minimum Gasteiger partial charge on any atom is -0.388 e. The van der Waals surface area contributed by atoms with Crippen LogP contribution in [0, 0.1) is 6.92 Å². The molecular formula is C23H35ClNO2Y-. The van der Waals surface area contributed by atoms with Gasteiger partial charge in [-0.1, -0.05) is 64.0 Å². The molecule has 1 aromatic carbocycles. The van der Waals surface area contributed by atoms with Crippen molar-refractivity contribution in [2.75, 3.05) is 4.90 Å². The Morgan fingerprint density at radius 3 is 2.46 bits per heavy atom. The van der Waals surface area contributed by atoms with E-state index in [0.717, 1.165) is 56.2 Å². The van der Waals surface area contributed by atoms with Crippen LogP contribution in [0.4, 0.5) is 5.69 Å². The van der Waals surface area contributed by atoms with Gasteiger partial charge in [0.05, 0.1) is 6.10 Å². The molecule has 0 aliphatic carbocycles. The number of halogens is 1. The quantitative estimate of drug-likeness (QED) is 0.220. The van der Waals surface area contributed by atoms with E-state index in [1.807, 2.05) is 29.2 Å². The van der Waals surface area contributed by atoms with Crippen molar-refractivity contribution in [2.24, 2.45) is 0 Å². The minimum atomic E-state index is -0.426.